The zero-order valence-electron chi connectivity index (χ0n) is 11.1. The monoisotopic (exact) mass is 285 g/mol. The van der Waals surface area contributed by atoms with Crippen LogP contribution >= 0.6 is 11.3 Å². The Labute approximate surface area is 121 Å². The van der Waals surface area contributed by atoms with Gasteiger partial charge in [-0.25, -0.2) is 9.97 Å². The first kappa shape index (κ1) is 13.0. The number of nitrogens with zero attached hydrogens (tertiary/aromatic N) is 2. The molecule has 0 aliphatic rings. The van der Waals surface area contributed by atoms with E-state index in [4.69, 9.17) is 0 Å². The number of thiophene rings is 1. The van der Waals surface area contributed by atoms with E-state index in [9.17, 15) is 5.11 Å². The molecule has 4 nitrogen and oxygen atoms in total. The van der Waals surface area contributed by atoms with Crippen LogP contribution in [-0.2, 0) is 5.54 Å². The standard InChI is InChI=1S/C15H15N3OS/c1-15(9-19,11-5-3-2-4-6-11)18-14-13-12(7-8-20-13)16-10-17-14/h2-8,10,19H,9H2,1H3,(H,16,17,18). The lowest BCUT2D eigenvalue weighted by molar-refractivity contribution is 0.224. The predicted molar refractivity (Wildman–Crippen MR) is 81.9 cm³/mol. The highest BCUT2D eigenvalue weighted by atomic mass is 32.1. The van der Waals surface area contributed by atoms with Gasteiger partial charge in [-0.2, -0.15) is 0 Å². The molecule has 0 fully saturated rings. The van der Waals surface area contributed by atoms with Crippen molar-refractivity contribution in [2.24, 2.45) is 0 Å². The number of aliphatic hydroxyl groups is 1. The Bertz CT molecular complexity index is 713. The Morgan fingerprint density at radius 1 is 1.20 bits per heavy atom. The van der Waals surface area contributed by atoms with E-state index in [0.717, 1.165) is 21.6 Å². The lowest BCUT2D eigenvalue weighted by Gasteiger charge is -2.30. The van der Waals surface area contributed by atoms with Crippen molar-refractivity contribution in [1.29, 1.82) is 0 Å². The molecule has 2 aromatic heterocycles. The maximum atomic E-state index is 9.82. The molecule has 1 aromatic carbocycles. The molecule has 102 valence electrons. The summed E-state index contributed by atoms with van der Waals surface area (Å²) in [5.74, 6) is 0.755. The second-order valence-electron chi connectivity index (χ2n) is 4.84. The van der Waals surface area contributed by atoms with Crippen LogP contribution in [0.25, 0.3) is 10.2 Å². The Morgan fingerprint density at radius 3 is 2.75 bits per heavy atom. The molecular weight excluding hydrogens is 270 g/mol. The summed E-state index contributed by atoms with van der Waals surface area (Å²) >= 11 is 1.59. The van der Waals surface area contributed by atoms with E-state index in [0.29, 0.717) is 0 Å². The summed E-state index contributed by atoms with van der Waals surface area (Å²) in [7, 11) is 0. The highest BCUT2D eigenvalue weighted by molar-refractivity contribution is 7.17. The fourth-order valence-corrected chi connectivity index (χ4v) is 2.94. The topological polar surface area (TPSA) is 58.0 Å². The van der Waals surface area contributed by atoms with Gasteiger partial charge in [0.05, 0.1) is 22.4 Å². The van der Waals surface area contributed by atoms with Gasteiger partial charge in [0.2, 0.25) is 0 Å². The molecule has 3 aromatic rings. The SMILES string of the molecule is CC(CO)(Nc1ncnc2ccsc12)c1ccccc1. The molecule has 2 N–H and O–H groups in total. The van der Waals surface area contributed by atoms with Gasteiger partial charge >= 0.3 is 0 Å². The molecule has 1 atom stereocenters. The molecule has 0 radical (unpaired) electrons. The van der Waals surface area contributed by atoms with E-state index >= 15 is 0 Å². The Kier molecular flexibility index (Phi) is 3.38. The van der Waals surface area contributed by atoms with E-state index in [1.165, 1.54) is 0 Å². The van der Waals surface area contributed by atoms with Crippen molar-refractivity contribution in [3.05, 3.63) is 53.7 Å². The summed E-state index contributed by atoms with van der Waals surface area (Å²) in [6.45, 7) is 1.94. The summed E-state index contributed by atoms with van der Waals surface area (Å²) in [4.78, 5) is 8.54. The van der Waals surface area contributed by atoms with Crippen molar-refractivity contribution < 1.29 is 5.11 Å². The van der Waals surface area contributed by atoms with Gasteiger partial charge in [-0.05, 0) is 23.9 Å². The van der Waals surface area contributed by atoms with Gasteiger partial charge in [0.25, 0.3) is 0 Å². The maximum absolute atomic E-state index is 9.82. The fraction of sp³-hybridized carbons (Fsp3) is 0.200. The van der Waals surface area contributed by atoms with Crippen molar-refractivity contribution in [2.75, 3.05) is 11.9 Å². The molecule has 3 rings (SSSR count). The van der Waals surface area contributed by atoms with Gasteiger partial charge in [0, 0.05) is 0 Å². The molecule has 0 spiro atoms. The molecule has 2 heterocycles. The molecule has 5 heteroatoms. The lowest BCUT2D eigenvalue weighted by Crippen LogP contribution is -2.36. The molecule has 0 amide bonds. The first-order valence-electron chi connectivity index (χ1n) is 6.36. The zero-order valence-corrected chi connectivity index (χ0v) is 11.9. The quantitative estimate of drug-likeness (QED) is 0.773. The molecule has 0 aliphatic heterocycles. The van der Waals surface area contributed by atoms with Crippen LogP contribution in [0.15, 0.2) is 48.1 Å². The minimum absolute atomic E-state index is 0.0200. The van der Waals surface area contributed by atoms with Crippen LogP contribution in [0.1, 0.15) is 12.5 Å². The number of fused-ring (bicyclic) bond motifs is 1. The molecule has 1 unspecified atom stereocenters. The molecule has 0 saturated heterocycles. The van der Waals surface area contributed by atoms with Crippen LogP contribution < -0.4 is 5.32 Å². The number of hydrogen-bond acceptors (Lipinski definition) is 5. The Hall–Kier alpha value is -1.98. The van der Waals surface area contributed by atoms with Crippen LogP contribution in [0, 0.1) is 0 Å². The van der Waals surface area contributed by atoms with Gasteiger partial charge in [-0.15, -0.1) is 11.3 Å². The van der Waals surface area contributed by atoms with E-state index in [-0.39, 0.29) is 6.61 Å². The number of anilines is 1. The first-order chi connectivity index (χ1) is 9.73. The van der Waals surface area contributed by atoms with Gasteiger partial charge < -0.3 is 10.4 Å². The third-order valence-corrected chi connectivity index (χ3v) is 4.27. The average molecular weight is 285 g/mol. The van der Waals surface area contributed by atoms with Crippen molar-refractivity contribution >= 4 is 27.4 Å². The van der Waals surface area contributed by atoms with Crippen molar-refractivity contribution in [1.82, 2.24) is 9.97 Å². The van der Waals surface area contributed by atoms with Crippen LogP contribution in [0.4, 0.5) is 5.82 Å². The number of hydrogen-bond donors (Lipinski definition) is 2. The molecule has 0 bridgehead atoms. The second-order valence-corrected chi connectivity index (χ2v) is 5.75. The van der Waals surface area contributed by atoms with Crippen LogP contribution in [0.3, 0.4) is 0 Å². The average Bonchev–Trinajstić information content (AvgIpc) is 2.98. The maximum Gasteiger partial charge on any atom is 0.148 e. The second kappa shape index (κ2) is 5.19. The van der Waals surface area contributed by atoms with Crippen molar-refractivity contribution in [3.8, 4) is 0 Å². The summed E-state index contributed by atoms with van der Waals surface area (Å²) in [6, 6.07) is 11.8. The summed E-state index contributed by atoms with van der Waals surface area (Å²) < 4.78 is 1.00. The van der Waals surface area contributed by atoms with Crippen molar-refractivity contribution in [2.45, 2.75) is 12.5 Å². The Morgan fingerprint density at radius 2 is 2.00 bits per heavy atom. The Balaban J connectivity index is 2.01. The van der Waals surface area contributed by atoms with E-state index in [1.54, 1.807) is 17.7 Å². The van der Waals surface area contributed by atoms with Gasteiger partial charge in [-0.1, -0.05) is 30.3 Å². The van der Waals surface area contributed by atoms with E-state index < -0.39 is 5.54 Å². The van der Waals surface area contributed by atoms with Crippen LogP contribution in [0.2, 0.25) is 0 Å². The lowest BCUT2D eigenvalue weighted by atomic mass is 9.93. The zero-order chi connectivity index (χ0) is 14.0. The van der Waals surface area contributed by atoms with Crippen molar-refractivity contribution in [3.63, 3.8) is 0 Å². The summed E-state index contributed by atoms with van der Waals surface area (Å²) in [5.41, 5.74) is 1.36. The largest absolute Gasteiger partial charge is 0.394 e. The number of aromatic nitrogens is 2. The number of benzene rings is 1. The smallest absolute Gasteiger partial charge is 0.148 e. The van der Waals surface area contributed by atoms with Crippen LogP contribution in [-0.4, -0.2) is 21.7 Å². The number of rotatable bonds is 4. The van der Waals surface area contributed by atoms with Gasteiger partial charge in [0.15, 0.2) is 0 Å². The van der Waals surface area contributed by atoms with Crippen LogP contribution in [0.5, 0.6) is 0 Å². The summed E-state index contributed by atoms with van der Waals surface area (Å²) in [5, 5.41) is 15.2. The third-order valence-electron chi connectivity index (χ3n) is 3.36. The highest BCUT2D eigenvalue weighted by Gasteiger charge is 2.26. The molecule has 20 heavy (non-hydrogen) atoms. The van der Waals surface area contributed by atoms with E-state index in [1.807, 2.05) is 48.7 Å². The fourth-order valence-electron chi connectivity index (χ4n) is 2.15. The normalized spacial score (nSPS) is 14.1. The van der Waals surface area contributed by atoms with E-state index in [2.05, 4.69) is 15.3 Å². The molecule has 0 aliphatic carbocycles. The van der Waals surface area contributed by atoms with Gasteiger partial charge in [0.1, 0.15) is 12.1 Å². The minimum Gasteiger partial charge on any atom is -0.394 e. The summed E-state index contributed by atoms with van der Waals surface area (Å²) in [6.07, 6.45) is 1.54. The highest BCUT2D eigenvalue weighted by Crippen LogP contribution is 2.30. The predicted octanol–water partition coefficient (Wildman–Crippen LogP) is 3.01. The third kappa shape index (κ3) is 2.26. The number of aliphatic hydroxyl groups excluding tert-OH is 1. The minimum atomic E-state index is -0.577. The molecule has 0 saturated carbocycles. The molecular formula is C15H15N3OS. The number of nitrogens with one attached hydrogen (secondary N) is 1. The van der Waals surface area contributed by atoms with Gasteiger partial charge in [-0.3, -0.25) is 0 Å². The first-order valence-corrected chi connectivity index (χ1v) is 7.24.